The highest BCUT2D eigenvalue weighted by atomic mass is 16.7. The van der Waals surface area contributed by atoms with E-state index in [4.69, 9.17) is 14.2 Å². The number of ether oxygens (including phenoxy) is 3. The highest BCUT2D eigenvalue weighted by molar-refractivity contribution is 5.24. The first-order valence-corrected chi connectivity index (χ1v) is 9.19. The largest absolute Gasteiger partial charge is 0.373 e. The molecule has 23 heavy (non-hydrogen) atoms. The van der Waals surface area contributed by atoms with Gasteiger partial charge in [-0.25, -0.2) is 0 Å². The fourth-order valence-corrected chi connectivity index (χ4v) is 4.11. The van der Waals surface area contributed by atoms with Crippen LogP contribution >= 0.6 is 0 Å². The van der Waals surface area contributed by atoms with E-state index in [1.165, 1.54) is 36.8 Å². The summed E-state index contributed by atoms with van der Waals surface area (Å²) < 4.78 is 17.4. The third-order valence-corrected chi connectivity index (χ3v) is 5.70. The van der Waals surface area contributed by atoms with Crippen LogP contribution in [0.25, 0.3) is 0 Å². The van der Waals surface area contributed by atoms with Gasteiger partial charge in [0, 0.05) is 11.8 Å². The van der Waals surface area contributed by atoms with Crippen molar-refractivity contribution in [2.45, 2.75) is 57.3 Å². The molecule has 0 N–H and O–H groups in total. The van der Waals surface area contributed by atoms with Crippen molar-refractivity contribution in [2.24, 2.45) is 11.8 Å². The SMILES string of the molecule is Cc1ccc(C2CCC(C3OCC(CC4CO4)CO3)CC2)cc1. The van der Waals surface area contributed by atoms with Crippen LogP contribution in [0.15, 0.2) is 24.3 Å². The van der Waals surface area contributed by atoms with Crippen molar-refractivity contribution in [3.05, 3.63) is 35.4 Å². The highest BCUT2D eigenvalue weighted by Crippen LogP contribution is 2.39. The third kappa shape index (κ3) is 3.96. The molecule has 0 aromatic heterocycles. The quantitative estimate of drug-likeness (QED) is 0.785. The molecule has 0 bridgehead atoms. The van der Waals surface area contributed by atoms with Gasteiger partial charge in [0.25, 0.3) is 0 Å². The van der Waals surface area contributed by atoms with Crippen molar-refractivity contribution in [3.63, 3.8) is 0 Å². The molecule has 2 saturated heterocycles. The smallest absolute Gasteiger partial charge is 0.160 e. The zero-order valence-electron chi connectivity index (χ0n) is 14.1. The van der Waals surface area contributed by atoms with Gasteiger partial charge in [-0.15, -0.1) is 0 Å². The molecular formula is C20H28O3. The van der Waals surface area contributed by atoms with Crippen molar-refractivity contribution in [1.82, 2.24) is 0 Å². The molecule has 0 amide bonds. The van der Waals surface area contributed by atoms with Gasteiger partial charge in [-0.3, -0.25) is 0 Å². The van der Waals surface area contributed by atoms with Gasteiger partial charge in [0.1, 0.15) is 0 Å². The van der Waals surface area contributed by atoms with Gasteiger partial charge >= 0.3 is 0 Å². The molecule has 1 unspecified atom stereocenters. The van der Waals surface area contributed by atoms with E-state index in [0.29, 0.717) is 17.9 Å². The summed E-state index contributed by atoms with van der Waals surface area (Å²) in [4.78, 5) is 0. The van der Waals surface area contributed by atoms with E-state index >= 15 is 0 Å². The molecule has 1 aromatic carbocycles. The minimum absolute atomic E-state index is 0.0327. The van der Waals surface area contributed by atoms with E-state index in [0.717, 1.165) is 32.2 Å². The average molecular weight is 316 g/mol. The Morgan fingerprint density at radius 2 is 1.52 bits per heavy atom. The van der Waals surface area contributed by atoms with Crippen LogP contribution in [-0.4, -0.2) is 32.2 Å². The molecule has 126 valence electrons. The van der Waals surface area contributed by atoms with Gasteiger partial charge in [0.2, 0.25) is 0 Å². The second kappa shape index (κ2) is 6.92. The monoisotopic (exact) mass is 316 g/mol. The van der Waals surface area contributed by atoms with Crippen LogP contribution < -0.4 is 0 Å². The topological polar surface area (TPSA) is 31.0 Å². The maximum absolute atomic E-state index is 6.04. The summed E-state index contributed by atoms with van der Waals surface area (Å²) in [6, 6.07) is 9.08. The molecule has 2 heterocycles. The molecule has 0 radical (unpaired) electrons. The molecule has 0 spiro atoms. The molecule has 1 aliphatic carbocycles. The number of hydrogen-bond donors (Lipinski definition) is 0. The summed E-state index contributed by atoms with van der Waals surface area (Å²) >= 11 is 0. The first-order chi connectivity index (χ1) is 11.3. The Morgan fingerprint density at radius 3 is 2.13 bits per heavy atom. The predicted molar refractivity (Wildman–Crippen MR) is 89.4 cm³/mol. The molecule has 2 aliphatic heterocycles. The summed E-state index contributed by atoms with van der Waals surface area (Å²) in [6.07, 6.45) is 6.58. The standard InChI is InChI=1S/C20H28O3/c1-14-2-4-16(5-3-14)17-6-8-18(9-7-17)20-22-11-15(12-23-20)10-19-13-21-19/h2-5,15,17-20H,6-13H2,1H3. The summed E-state index contributed by atoms with van der Waals surface area (Å²) in [6.45, 7) is 4.79. The highest BCUT2D eigenvalue weighted by Gasteiger charge is 2.35. The van der Waals surface area contributed by atoms with Crippen molar-refractivity contribution in [1.29, 1.82) is 0 Å². The minimum atomic E-state index is 0.0327. The maximum atomic E-state index is 6.04. The van der Waals surface area contributed by atoms with Gasteiger partial charge in [0.05, 0.1) is 25.9 Å². The Balaban J connectivity index is 1.24. The molecule has 3 heteroatoms. The Hall–Kier alpha value is -0.900. The van der Waals surface area contributed by atoms with E-state index in [1.807, 2.05) is 0 Å². The maximum Gasteiger partial charge on any atom is 0.160 e. The van der Waals surface area contributed by atoms with Crippen LogP contribution in [0, 0.1) is 18.8 Å². The lowest BCUT2D eigenvalue weighted by atomic mass is 9.78. The zero-order chi connectivity index (χ0) is 15.6. The van der Waals surface area contributed by atoms with Gasteiger partial charge < -0.3 is 14.2 Å². The molecule has 1 saturated carbocycles. The van der Waals surface area contributed by atoms with E-state index in [1.54, 1.807) is 0 Å². The summed E-state index contributed by atoms with van der Waals surface area (Å²) in [5.74, 6) is 1.83. The number of benzene rings is 1. The number of rotatable bonds is 4. The van der Waals surface area contributed by atoms with Gasteiger partial charge in [-0.05, 0) is 50.5 Å². The van der Waals surface area contributed by atoms with E-state index in [2.05, 4.69) is 31.2 Å². The predicted octanol–water partition coefficient (Wildman–Crippen LogP) is 4.05. The van der Waals surface area contributed by atoms with Crippen LogP contribution in [0.1, 0.15) is 49.1 Å². The number of hydrogen-bond acceptors (Lipinski definition) is 3. The first kappa shape index (κ1) is 15.6. The lowest BCUT2D eigenvalue weighted by Crippen LogP contribution is -2.38. The number of epoxide rings is 1. The molecular weight excluding hydrogens is 288 g/mol. The fourth-order valence-electron chi connectivity index (χ4n) is 4.11. The van der Waals surface area contributed by atoms with Crippen LogP contribution in [0.3, 0.4) is 0 Å². The zero-order valence-corrected chi connectivity index (χ0v) is 14.1. The molecule has 1 aromatic rings. The molecule has 3 aliphatic rings. The van der Waals surface area contributed by atoms with Crippen LogP contribution in [0.5, 0.6) is 0 Å². The van der Waals surface area contributed by atoms with E-state index in [9.17, 15) is 0 Å². The molecule has 3 nitrogen and oxygen atoms in total. The first-order valence-electron chi connectivity index (χ1n) is 9.19. The van der Waals surface area contributed by atoms with E-state index < -0.39 is 0 Å². The fraction of sp³-hybridized carbons (Fsp3) is 0.700. The van der Waals surface area contributed by atoms with Crippen molar-refractivity contribution in [3.8, 4) is 0 Å². The summed E-state index contributed by atoms with van der Waals surface area (Å²) in [5.41, 5.74) is 2.85. The Kier molecular flexibility index (Phi) is 4.70. The lowest BCUT2D eigenvalue weighted by molar-refractivity contribution is -0.229. The molecule has 1 atom stereocenters. The van der Waals surface area contributed by atoms with Crippen LogP contribution in [0.4, 0.5) is 0 Å². The number of aryl methyl sites for hydroxylation is 1. The second-order valence-electron chi connectivity index (χ2n) is 7.61. The van der Waals surface area contributed by atoms with Crippen molar-refractivity contribution >= 4 is 0 Å². The van der Waals surface area contributed by atoms with E-state index in [-0.39, 0.29) is 6.29 Å². The summed E-state index contributed by atoms with van der Waals surface area (Å²) in [5, 5.41) is 0. The Morgan fingerprint density at radius 1 is 0.870 bits per heavy atom. The third-order valence-electron chi connectivity index (χ3n) is 5.70. The second-order valence-corrected chi connectivity index (χ2v) is 7.61. The normalized spacial score (nSPS) is 37.5. The lowest BCUT2D eigenvalue weighted by Gasteiger charge is -2.37. The molecule has 3 fully saturated rings. The Bertz CT molecular complexity index is 492. The minimum Gasteiger partial charge on any atom is -0.373 e. The average Bonchev–Trinajstić information content (AvgIpc) is 3.41. The molecule has 4 rings (SSSR count). The van der Waals surface area contributed by atoms with Crippen LogP contribution in [-0.2, 0) is 14.2 Å². The van der Waals surface area contributed by atoms with Gasteiger partial charge in [-0.2, -0.15) is 0 Å². The van der Waals surface area contributed by atoms with Crippen molar-refractivity contribution in [2.75, 3.05) is 19.8 Å². The van der Waals surface area contributed by atoms with Gasteiger partial charge in [-0.1, -0.05) is 29.8 Å². The van der Waals surface area contributed by atoms with Crippen LogP contribution in [0.2, 0.25) is 0 Å². The van der Waals surface area contributed by atoms with Gasteiger partial charge in [0.15, 0.2) is 6.29 Å². The summed E-state index contributed by atoms with van der Waals surface area (Å²) in [7, 11) is 0. The Labute approximate surface area is 139 Å². The van der Waals surface area contributed by atoms with Crippen molar-refractivity contribution < 1.29 is 14.2 Å².